The van der Waals surface area contributed by atoms with Crippen molar-refractivity contribution in [2.24, 2.45) is 5.92 Å². The maximum atomic E-state index is 3.72. The molecule has 17 heavy (non-hydrogen) atoms. The van der Waals surface area contributed by atoms with Crippen LogP contribution in [0.5, 0.6) is 0 Å². The van der Waals surface area contributed by atoms with Gasteiger partial charge in [0.15, 0.2) is 0 Å². The summed E-state index contributed by atoms with van der Waals surface area (Å²) in [5, 5.41) is 4.68. The van der Waals surface area contributed by atoms with Crippen LogP contribution >= 0.6 is 11.8 Å². The summed E-state index contributed by atoms with van der Waals surface area (Å²) >= 11 is 2.24. The molecule has 1 aliphatic carbocycles. The number of thioether (sulfide) groups is 1. The molecule has 1 aliphatic rings. The molecule has 0 radical (unpaired) electrons. The average molecular weight is 257 g/mol. The van der Waals surface area contributed by atoms with Gasteiger partial charge in [0.1, 0.15) is 0 Å². The van der Waals surface area contributed by atoms with E-state index in [1.165, 1.54) is 57.2 Å². The van der Waals surface area contributed by atoms with Gasteiger partial charge in [-0.1, -0.05) is 40.0 Å². The maximum Gasteiger partial charge on any atom is 0.0160 e. The van der Waals surface area contributed by atoms with E-state index in [4.69, 9.17) is 0 Å². The second-order valence-corrected chi connectivity index (χ2v) is 7.21. The third-order valence-electron chi connectivity index (χ3n) is 3.52. The monoisotopic (exact) mass is 257 g/mol. The van der Waals surface area contributed by atoms with E-state index in [-0.39, 0.29) is 0 Å². The van der Waals surface area contributed by atoms with Crippen molar-refractivity contribution in [3.05, 3.63) is 0 Å². The maximum absolute atomic E-state index is 3.72. The van der Waals surface area contributed by atoms with Gasteiger partial charge >= 0.3 is 0 Å². The fourth-order valence-electron chi connectivity index (χ4n) is 2.61. The molecule has 0 saturated heterocycles. The van der Waals surface area contributed by atoms with Crippen molar-refractivity contribution in [1.82, 2.24) is 5.32 Å². The van der Waals surface area contributed by atoms with Crippen molar-refractivity contribution in [3.8, 4) is 0 Å². The highest BCUT2D eigenvalue weighted by Crippen LogP contribution is 2.29. The molecule has 0 aromatic carbocycles. The van der Waals surface area contributed by atoms with Gasteiger partial charge in [0.05, 0.1) is 0 Å². The summed E-state index contributed by atoms with van der Waals surface area (Å²) < 4.78 is 0. The van der Waals surface area contributed by atoms with E-state index in [1.54, 1.807) is 0 Å². The highest BCUT2D eigenvalue weighted by molar-refractivity contribution is 7.99. The lowest BCUT2D eigenvalue weighted by molar-refractivity contribution is 0.446. The minimum Gasteiger partial charge on any atom is -0.313 e. The molecule has 1 rings (SSSR count). The van der Waals surface area contributed by atoms with Crippen LogP contribution in [0.15, 0.2) is 0 Å². The number of nitrogens with one attached hydrogen (secondary N) is 1. The second kappa shape index (κ2) is 9.27. The summed E-state index contributed by atoms with van der Waals surface area (Å²) in [6.45, 7) is 8.12. The van der Waals surface area contributed by atoms with E-state index < -0.39 is 0 Å². The molecule has 1 fully saturated rings. The highest BCUT2D eigenvalue weighted by Gasteiger charge is 2.17. The lowest BCUT2D eigenvalue weighted by atomic mass is 10.0. The molecule has 0 amide bonds. The molecule has 0 spiro atoms. The first-order valence-electron chi connectivity index (χ1n) is 7.57. The topological polar surface area (TPSA) is 12.0 Å². The predicted octanol–water partition coefficient (Wildman–Crippen LogP) is 4.47. The Bertz CT molecular complexity index is 176. The molecular weight excluding hydrogens is 226 g/mol. The van der Waals surface area contributed by atoms with Crippen LogP contribution in [0.4, 0.5) is 0 Å². The van der Waals surface area contributed by atoms with Gasteiger partial charge in [-0.3, -0.25) is 0 Å². The van der Waals surface area contributed by atoms with Crippen molar-refractivity contribution in [3.63, 3.8) is 0 Å². The van der Waals surface area contributed by atoms with E-state index in [0.717, 1.165) is 17.2 Å². The highest BCUT2D eigenvalue weighted by atomic mass is 32.2. The SMILES string of the molecule is CCCNC(CSC1CCCCC1)CC(C)C. The van der Waals surface area contributed by atoms with E-state index in [9.17, 15) is 0 Å². The molecule has 2 heteroatoms. The van der Waals surface area contributed by atoms with Gasteiger partial charge in [0, 0.05) is 17.0 Å². The fourth-order valence-corrected chi connectivity index (χ4v) is 4.04. The van der Waals surface area contributed by atoms with Crippen LogP contribution in [0.3, 0.4) is 0 Å². The van der Waals surface area contributed by atoms with Gasteiger partial charge in [0.2, 0.25) is 0 Å². The predicted molar refractivity (Wildman–Crippen MR) is 80.9 cm³/mol. The quantitative estimate of drug-likeness (QED) is 0.688. The van der Waals surface area contributed by atoms with Gasteiger partial charge in [-0.05, 0) is 38.1 Å². The molecule has 0 heterocycles. The molecule has 0 aromatic heterocycles. The van der Waals surface area contributed by atoms with Crippen LogP contribution in [0.25, 0.3) is 0 Å². The van der Waals surface area contributed by atoms with Crippen molar-refractivity contribution in [2.75, 3.05) is 12.3 Å². The Morgan fingerprint density at radius 2 is 1.88 bits per heavy atom. The van der Waals surface area contributed by atoms with Crippen LogP contribution in [0, 0.1) is 5.92 Å². The van der Waals surface area contributed by atoms with Crippen LogP contribution in [-0.2, 0) is 0 Å². The van der Waals surface area contributed by atoms with Gasteiger partial charge in [-0.15, -0.1) is 0 Å². The van der Waals surface area contributed by atoms with E-state index in [1.807, 2.05) is 0 Å². The minimum absolute atomic E-state index is 0.738. The molecule has 0 aromatic rings. The molecule has 1 nitrogen and oxygen atoms in total. The summed E-state index contributed by atoms with van der Waals surface area (Å²) in [5.74, 6) is 2.14. The molecule has 0 bridgehead atoms. The summed E-state index contributed by atoms with van der Waals surface area (Å²) in [7, 11) is 0. The fraction of sp³-hybridized carbons (Fsp3) is 1.00. The average Bonchev–Trinajstić information content (AvgIpc) is 2.33. The molecule has 0 aliphatic heterocycles. The van der Waals surface area contributed by atoms with Crippen LogP contribution < -0.4 is 5.32 Å². The first-order valence-corrected chi connectivity index (χ1v) is 8.62. The summed E-state index contributed by atoms with van der Waals surface area (Å²) in [6.07, 6.45) is 9.92. The van der Waals surface area contributed by atoms with Crippen LogP contribution in [0.1, 0.15) is 65.7 Å². The summed E-state index contributed by atoms with van der Waals surface area (Å²) in [4.78, 5) is 0. The largest absolute Gasteiger partial charge is 0.313 e. The smallest absolute Gasteiger partial charge is 0.0160 e. The summed E-state index contributed by atoms with van der Waals surface area (Å²) in [5.41, 5.74) is 0. The van der Waals surface area contributed by atoms with Crippen molar-refractivity contribution in [1.29, 1.82) is 0 Å². The van der Waals surface area contributed by atoms with E-state index in [0.29, 0.717) is 0 Å². The molecular formula is C15H31NS. The second-order valence-electron chi connectivity index (χ2n) is 5.87. The minimum atomic E-state index is 0.738. The van der Waals surface area contributed by atoms with Crippen molar-refractivity contribution < 1.29 is 0 Å². The first-order chi connectivity index (χ1) is 8.22. The van der Waals surface area contributed by atoms with Gasteiger partial charge in [0.25, 0.3) is 0 Å². The van der Waals surface area contributed by atoms with Crippen molar-refractivity contribution >= 4 is 11.8 Å². The number of rotatable bonds is 8. The Kier molecular flexibility index (Phi) is 8.38. The van der Waals surface area contributed by atoms with E-state index >= 15 is 0 Å². The molecule has 1 atom stereocenters. The Hall–Kier alpha value is 0.310. The van der Waals surface area contributed by atoms with Crippen LogP contribution in [0.2, 0.25) is 0 Å². The van der Waals surface area contributed by atoms with Gasteiger partial charge in [-0.25, -0.2) is 0 Å². The molecule has 1 unspecified atom stereocenters. The first kappa shape index (κ1) is 15.4. The van der Waals surface area contributed by atoms with Gasteiger partial charge < -0.3 is 5.32 Å². The zero-order valence-electron chi connectivity index (χ0n) is 12.0. The van der Waals surface area contributed by atoms with Crippen molar-refractivity contribution in [2.45, 2.75) is 77.0 Å². The zero-order chi connectivity index (χ0) is 12.5. The normalized spacial score (nSPS) is 19.8. The Morgan fingerprint density at radius 3 is 2.47 bits per heavy atom. The summed E-state index contributed by atoms with van der Waals surface area (Å²) in [6, 6.07) is 0.738. The van der Waals surface area contributed by atoms with Crippen LogP contribution in [-0.4, -0.2) is 23.6 Å². The number of hydrogen-bond donors (Lipinski definition) is 1. The molecule has 1 N–H and O–H groups in total. The lowest BCUT2D eigenvalue weighted by Crippen LogP contribution is -2.34. The number of hydrogen-bond acceptors (Lipinski definition) is 2. The zero-order valence-corrected chi connectivity index (χ0v) is 12.8. The molecule has 102 valence electrons. The third-order valence-corrected chi connectivity index (χ3v) is 5.06. The van der Waals surface area contributed by atoms with E-state index in [2.05, 4.69) is 37.8 Å². The Balaban J connectivity index is 2.21. The standard InChI is InChI=1S/C15H31NS/c1-4-10-16-14(11-13(2)3)12-17-15-8-6-5-7-9-15/h13-16H,4-12H2,1-3H3. The van der Waals surface area contributed by atoms with Gasteiger partial charge in [-0.2, -0.15) is 11.8 Å². The Labute approximate surface area is 113 Å². The lowest BCUT2D eigenvalue weighted by Gasteiger charge is -2.25. The Morgan fingerprint density at radius 1 is 1.18 bits per heavy atom. The molecule has 1 saturated carbocycles. The third kappa shape index (κ3) is 7.35.